The first-order valence-electron chi connectivity index (χ1n) is 5.71. The first kappa shape index (κ1) is 12.5. The van der Waals surface area contributed by atoms with Gasteiger partial charge in [-0.2, -0.15) is 0 Å². The van der Waals surface area contributed by atoms with Gasteiger partial charge in [0.25, 0.3) is 0 Å². The summed E-state index contributed by atoms with van der Waals surface area (Å²) in [6.45, 7) is 11.5. The minimum absolute atomic E-state index is 0.581. The molecule has 0 heterocycles. The second kappa shape index (κ2) is 4.95. The van der Waals surface area contributed by atoms with Gasteiger partial charge in [0, 0.05) is 6.04 Å². The average molecular weight is 221 g/mol. The van der Waals surface area contributed by atoms with Crippen molar-refractivity contribution >= 4 is 8.24 Å². The smallest absolute Gasteiger partial charge is 0.116 e. The van der Waals surface area contributed by atoms with Gasteiger partial charge in [0.15, 0.2) is 0 Å². The van der Waals surface area contributed by atoms with Crippen molar-refractivity contribution in [2.24, 2.45) is 0 Å². The lowest BCUT2D eigenvalue weighted by Gasteiger charge is -2.24. The highest BCUT2D eigenvalue weighted by Gasteiger charge is 2.16. The van der Waals surface area contributed by atoms with Crippen molar-refractivity contribution in [2.75, 3.05) is 0 Å². The molecule has 15 heavy (non-hydrogen) atoms. The van der Waals surface area contributed by atoms with Gasteiger partial charge in [-0.3, -0.25) is 0 Å². The maximum atomic E-state index is 3.73. The Kier molecular flexibility index (Phi) is 4.11. The molecule has 84 valence electrons. The molecule has 0 aliphatic heterocycles. The summed E-state index contributed by atoms with van der Waals surface area (Å²) < 4.78 is 0. The lowest BCUT2D eigenvalue weighted by Crippen LogP contribution is -2.47. The Morgan fingerprint density at radius 1 is 1.20 bits per heavy atom. The second-order valence-electron chi connectivity index (χ2n) is 5.43. The highest BCUT2D eigenvalue weighted by atomic mass is 28.3. The second-order valence-corrected chi connectivity index (χ2v) is 10.2. The fourth-order valence-electron chi connectivity index (χ4n) is 1.96. The summed E-state index contributed by atoms with van der Waals surface area (Å²) in [6.07, 6.45) is 1.14. The molecule has 1 rings (SSSR count). The minimum atomic E-state index is -1.14. The van der Waals surface area contributed by atoms with Crippen molar-refractivity contribution in [1.29, 1.82) is 0 Å². The molecule has 0 spiro atoms. The summed E-state index contributed by atoms with van der Waals surface area (Å²) >= 11 is 0. The largest absolute Gasteiger partial charge is 0.335 e. The molecule has 0 saturated heterocycles. The summed E-state index contributed by atoms with van der Waals surface area (Å²) in [7, 11) is -1.14. The lowest BCUT2D eigenvalue weighted by atomic mass is 10.0. The molecule has 1 unspecified atom stereocenters. The molecular formula is C13H23NSi. The van der Waals surface area contributed by atoms with Crippen molar-refractivity contribution in [1.82, 2.24) is 4.98 Å². The number of rotatable bonds is 4. The van der Waals surface area contributed by atoms with Gasteiger partial charge in [-0.05, 0) is 24.5 Å². The van der Waals surface area contributed by atoms with Crippen molar-refractivity contribution in [3.8, 4) is 0 Å². The zero-order chi connectivity index (χ0) is 11.5. The Balaban J connectivity index is 2.59. The summed E-state index contributed by atoms with van der Waals surface area (Å²) in [5.74, 6) is 0. The molecular weight excluding hydrogens is 198 g/mol. The SMILES string of the molecule is Cc1ccccc1CC(C)N[Si](C)(C)C. The summed E-state index contributed by atoms with van der Waals surface area (Å²) in [5, 5.41) is 0. The number of aryl methyl sites for hydroxylation is 1. The number of hydrogen-bond acceptors (Lipinski definition) is 1. The Hall–Kier alpha value is -0.603. The normalized spacial score (nSPS) is 13.9. The number of benzene rings is 1. The van der Waals surface area contributed by atoms with Gasteiger partial charge in [-0.25, -0.2) is 0 Å². The molecule has 0 fully saturated rings. The van der Waals surface area contributed by atoms with Gasteiger partial charge in [0.05, 0.1) is 0 Å². The Morgan fingerprint density at radius 3 is 2.33 bits per heavy atom. The van der Waals surface area contributed by atoms with E-state index in [4.69, 9.17) is 0 Å². The molecule has 1 nitrogen and oxygen atoms in total. The number of hydrogen-bond donors (Lipinski definition) is 1. The monoisotopic (exact) mass is 221 g/mol. The van der Waals surface area contributed by atoms with Crippen LogP contribution in [0, 0.1) is 6.92 Å². The summed E-state index contributed by atoms with van der Waals surface area (Å²) in [5.41, 5.74) is 2.87. The van der Waals surface area contributed by atoms with E-state index in [0.717, 1.165) is 6.42 Å². The zero-order valence-electron chi connectivity index (χ0n) is 10.6. The van der Waals surface area contributed by atoms with Crippen molar-refractivity contribution in [3.05, 3.63) is 35.4 Å². The first-order valence-corrected chi connectivity index (χ1v) is 9.21. The van der Waals surface area contributed by atoms with Crippen LogP contribution in [0.15, 0.2) is 24.3 Å². The van der Waals surface area contributed by atoms with E-state index in [9.17, 15) is 0 Å². The van der Waals surface area contributed by atoms with E-state index in [1.807, 2.05) is 0 Å². The van der Waals surface area contributed by atoms with Gasteiger partial charge < -0.3 is 4.98 Å². The minimum Gasteiger partial charge on any atom is -0.335 e. The third-order valence-corrected chi connectivity index (χ3v) is 3.83. The van der Waals surface area contributed by atoms with E-state index in [0.29, 0.717) is 6.04 Å². The molecule has 1 aromatic carbocycles. The molecule has 2 heteroatoms. The van der Waals surface area contributed by atoms with Crippen molar-refractivity contribution in [2.45, 2.75) is 46.0 Å². The van der Waals surface area contributed by atoms with Crippen LogP contribution in [0.25, 0.3) is 0 Å². The Morgan fingerprint density at radius 2 is 1.80 bits per heavy atom. The first-order chi connectivity index (χ1) is 6.88. The van der Waals surface area contributed by atoms with Crippen LogP contribution < -0.4 is 4.98 Å². The van der Waals surface area contributed by atoms with Crippen LogP contribution in [0.3, 0.4) is 0 Å². The van der Waals surface area contributed by atoms with Crippen LogP contribution >= 0.6 is 0 Å². The van der Waals surface area contributed by atoms with Crippen molar-refractivity contribution in [3.63, 3.8) is 0 Å². The molecule has 1 N–H and O–H groups in total. The molecule has 0 bridgehead atoms. The molecule has 0 aliphatic rings. The summed E-state index contributed by atoms with van der Waals surface area (Å²) in [4.78, 5) is 3.73. The average Bonchev–Trinajstić information content (AvgIpc) is 2.05. The van der Waals surface area contributed by atoms with Gasteiger partial charge in [-0.15, -0.1) is 0 Å². The molecule has 0 radical (unpaired) electrons. The fourth-order valence-corrected chi connectivity index (χ4v) is 3.54. The molecule has 0 aromatic heterocycles. The van der Waals surface area contributed by atoms with E-state index in [2.05, 4.69) is 62.7 Å². The van der Waals surface area contributed by atoms with Crippen LogP contribution in [-0.4, -0.2) is 14.3 Å². The van der Waals surface area contributed by atoms with Crippen LogP contribution in [-0.2, 0) is 6.42 Å². The third-order valence-electron chi connectivity index (χ3n) is 2.47. The van der Waals surface area contributed by atoms with Crippen LogP contribution in [0.4, 0.5) is 0 Å². The van der Waals surface area contributed by atoms with E-state index in [1.165, 1.54) is 11.1 Å². The van der Waals surface area contributed by atoms with Crippen LogP contribution in [0.5, 0.6) is 0 Å². The molecule has 1 atom stereocenters. The van der Waals surface area contributed by atoms with E-state index in [1.54, 1.807) is 0 Å². The Bertz CT molecular complexity index is 315. The van der Waals surface area contributed by atoms with Gasteiger partial charge >= 0.3 is 0 Å². The predicted octanol–water partition coefficient (Wildman–Crippen LogP) is 3.35. The molecule has 0 saturated carbocycles. The van der Waals surface area contributed by atoms with E-state index >= 15 is 0 Å². The lowest BCUT2D eigenvalue weighted by molar-refractivity contribution is 0.660. The summed E-state index contributed by atoms with van der Waals surface area (Å²) in [6, 6.07) is 9.24. The Labute approximate surface area is 95.0 Å². The zero-order valence-corrected chi connectivity index (χ0v) is 11.6. The number of nitrogens with one attached hydrogen (secondary N) is 1. The van der Waals surface area contributed by atoms with E-state index < -0.39 is 8.24 Å². The molecule has 0 aliphatic carbocycles. The van der Waals surface area contributed by atoms with Crippen molar-refractivity contribution < 1.29 is 0 Å². The fraction of sp³-hybridized carbons (Fsp3) is 0.538. The van der Waals surface area contributed by atoms with E-state index in [-0.39, 0.29) is 0 Å². The highest BCUT2D eigenvalue weighted by molar-refractivity contribution is 6.73. The molecule has 0 amide bonds. The quantitative estimate of drug-likeness (QED) is 0.769. The maximum absolute atomic E-state index is 3.73. The van der Waals surface area contributed by atoms with Crippen LogP contribution in [0.1, 0.15) is 18.1 Å². The standard InChI is InChI=1S/C13H23NSi/c1-11-8-6-7-9-13(11)10-12(2)14-15(3,4)5/h6-9,12,14H,10H2,1-5H3. The van der Waals surface area contributed by atoms with Gasteiger partial charge in [0.2, 0.25) is 0 Å². The topological polar surface area (TPSA) is 12.0 Å². The van der Waals surface area contributed by atoms with Gasteiger partial charge in [0.1, 0.15) is 8.24 Å². The van der Waals surface area contributed by atoms with Gasteiger partial charge in [-0.1, -0.05) is 50.8 Å². The maximum Gasteiger partial charge on any atom is 0.116 e. The predicted molar refractivity (Wildman–Crippen MR) is 70.8 cm³/mol. The third kappa shape index (κ3) is 4.63. The van der Waals surface area contributed by atoms with Crippen LogP contribution in [0.2, 0.25) is 19.6 Å². The molecule has 1 aromatic rings. The highest BCUT2D eigenvalue weighted by Crippen LogP contribution is 2.10.